The molecule has 1 aromatic carbocycles. The van der Waals surface area contributed by atoms with Gasteiger partial charge in [-0.1, -0.05) is 17.7 Å². The molecule has 1 aromatic heterocycles. The molecule has 25 heavy (non-hydrogen) atoms. The van der Waals surface area contributed by atoms with E-state index in [1.54, 1.807) is 6.07 Å². The number of likely N-dealkylation sites (tertiary alicyclic amines) is 1. The Bertz CT molecular complexity index is 774. The Morgan fingerprint density at radius 2 is 2.00 bits per heavy atom. The van der Waals surface area contributed by atoms with Crippen LogP contribution in [0.15, 0.2) is 42.6 Å². The van der Waals surface area contributed by atoms with Crippen LogP contribution in [0.1, 0.15) is 39.3 Å². The summed E-state index contributed by atoms with van der Waals surface area (Å²) in [6.07, 6.45) is 3.10. The van der Waals surface area contributed by atoms with Gasteiger partial charge in [-0.15, -0.1) is 0 Å². The standard InChI is InChI=1S/C19H21N3O3/c1-13-4-6-14(7-5-13)19(24)22-10-2-3-16(12-22)25-15-8-9-21-17(11-15)18(20)23/h4-9,11,16H,2-3,10,12H2,1H3,(H2,20,23). The van der Waals surface area contributed by atoms with Crippen molar-refractivity contribution in [2.24, 2.45) is 5.73 Å². The zero-order valence-electron chi connectivity index (χ0n) is 14.1. The molecule has 1 aliphatic rings. The molecule has 0 radical (unpaired) electrons. The molecule has 2 N–H and O–H groups in total. The van der Waals surface area contributed by atoms with Gasteiger partial charge in [-0.2, -0.15) is 0 Å². The molecule has 6 heteroatoms. The van der Waals surface area contributed by atoms with Gasteiger partial charge in [-0.05, 0) is 38.0 Å². The Balaban J connectivity index is 1.66. The number of nitrogens with zero attached hydrogens (tertiary/aromatic N) is 2. The molecular formula is C19H21N3O3. The fourth-order valence-corrected chi connectivity index (χ4v) is 2.91. The van der Waals surface area contributed by atoms with Crippen LogP contribution < -0.4 is 10.5 Å². The van der Waals surface area contributed by atoms with Crippen LogP contribution in [-0.2, 0) is 0 Å². The zero-order valence-corrected chi connectivity index (χ0v) is 14.1. The van der Waals surface area contributed by atoms with E-state index in [1.807, 2.05) is 36.1 Å². The van der Waals surface area contributed by atoms with Crippen LogP contribution in [0, 0.1) is 6.92 Å². The molecule has 130 valence electrons. The van der Waals surface area contributed by atoms with Crippen LogP contribution in [0.25, 0.3) is 0 Å². The van der Waals surface area contributed by atoms with Crippen molar-refractivity contribution in [3.8, 4) is 5.75 Å². The van der Waals surface area contributed by atoms with E-state index in [2.05, 4.69) is 4.98 Å². The van der Waals surface area contributed by atoms with Gasteiger partial charge in [0.05, 0.1) is 6.54 Å². The highest BCUT2D eigenvalue weighted by Crippen LogP contribution is 2.20. The van der Waals surface area contributed by atoms with Crippen molar-refractivity contribution in [1.82, 2.24) is 9.88 Å². The number of rotatable bonds is 4. The van der Waals surface area contributed by atoms with Gasteiger partial charge in [0.15, 0.2) is 0 Å². The minimum absolute atomic E-state index is 0.0147. The van der Waals surface area contributed by atoms with E-state index in [1.165, 1.54) is 12.3 Å². The summed E-state index contributed by atoms with van der Waals surface area (Å²) < 4.78 is 5.94. The quantitative estimate of drug-likeness (QED) is 0.925. The number of hydrogen-bond donors (Lipinski definition) is 1. The van der Waals surface area contributed by atoms with E-state index >= 15 is 0 Å². The molecule has 0 bridgehead atoms. The van der Waals surface area contributed by atoms with E-state index in [-0.39, 0.29) is 17.7 Å². The third-order valence-corrected chi connectivity index (χ3v) is 4.25. The minimum Gasteiger partial charge on any atom is -0.488 e. The Kier molecular flexibility index (Phi) is 4.97. The lowest BCUT2D eigenvalue weighted by atomic mass is 10.1. The van der Waals surface area contributed by atoms with Gasteiger partial charge in [0, 0.05) is 24.4 Å². The Labute approximate surface area is 146 Å². The van der Waals surface area contributed by atoms with Crippen molar-refractivity contribution in [2.45, 2.75) is 25.9 Å². The van der Waals surface area contributed by atoms with E-state index in [9.17, 15) is 9.59 Å². The molecule has 2 heterocycles. The summed E-state index contributed by atoms with van der Waals surface area (Å²) in [4.78, 5) is 29.6. The van der Waals surface area contributed by atoms with Gasteiger partial charge in [0.1, 0.15) is 17.5 Å². The average Bonchev–Trinajstić information content (AvgIpc) is 2.62. The number of aromatic nitrogens is 1. The highest BCUT2D eigenvalue weighted by Gasteiger charge is 2.25. The number of amides is 2. The second-order valence-electron chi connectivity index (χ2n) is 6.24. The monoisotopic (exact) mass is 339 g/mol. The summed E-state index contributed by atoms with van der Waals surface area (Å²) in [6, 6.07) is 10.8. The van der Waals surface area contributed by atoms with Crippen LogP contribution in [0.3, 0.4) is 0 Å². The Hall–Kier alpha value is -2.89. The number of ether oxygens (including phenoxy) is 1. The average molecular weight is 339 g/mol. The molecule has 1 saturated heterocycles. The predicted octanol–water partition coefficient (Wildman–Crippen LogP) is 2.17. The molecule has 0 spiro atoms. The highest BCUT2D eigenvalue weighted by atomic mass is 16.5. The van der Waals surface area contributed by atoms with Crippen LogP contribution >= 0.6 is 0 Å². The number of carbonyl (C=O) groups is 2. The van der Waals surface area contributed by atoms with Gasteiger partial charge in [-0.3, -0.25) is 14.6 Å². The molecule has 6 nitrogen and oxygen atoms in total. The van der Waals surface area contributed by atoms with Crippen LogP contribution in [-0.4, -0.2) is 40.9 Å². The number of hydrogen-bond acceptors (Lipinski definition) is 4. The highest BCUT2D eigenvalue weighted by molar-refractivity contribution is 5.94. The summed E-state index contributed by atoms with van der Waals surface area (Å²) in [5.74, 6) is -0.0374. The first-order chi connectivity index (χ1) is 12.0. The number of carbonyl (C=O) groups excluding carboxylic acids is 2. The molecular weight excluding hydrogens is 318 g/mol. The molecule has 3 rings (SSSR count). The second kappa shape index (κ2) is 7.34. The fraction of sp³-hybridized carbons (Fsp3) is 0.316. The zero-order chi connectivity index (χ0) is 17.8. The molecule has 2 aromatic rings. The topological polar surface area (TPSA) is 85.5 Å². The van der Waals surface area contributed by atoms with E-state index in [0.717, 1.165) is 24.9 Å². The SMILES string of the molecule is Cc1ccc(C(=O)N2CCCC(Oc3ccnc(C(N)=O)c3)C2)cc1. The predicted molar refractivity (Wildman–Crippen MR) is 93.5 cm³/mol. The lowest BCUT2D eigenvalue weighted by Gasteiger charge is -2.33. The van der Waals surface area contributed by atoms with Gasteiger partial charge in [0.2, 0.25) is 0 Å². The van der Waals surface area contributed by atoms with Crippen molar-refractivity contribution in [2.75, 3.05) is 13.1 Å². The second-order valence-corrected chi connectivity index (χ2v) is 6.24. The number of primary amides is 1. The van der Waals surface area contributed by atoms with Gasteiger partial charge >= 0.3 is 0 Å². The normalized spacial score (nSPS) is 17.2. The first-order valence-corrected chi connectivity index (χ1v) is 8.31. The summed E-state index contributed by atoms with van der Waals surface area (Å²) in [7, 11) is 0. The number of nitrogens with two attached hydrogens (primary N) is 1. The lowest BCUT2D eigenvalue weighted by Crippen LogP contribution is -2.44. The van der Waals surface area contributed by atoms with Crippen molar-refractivity contribution < 1.29 is 14.3 Å². The first-order valence-electron chi connectivity index (χ1n) is 8.31. The number of piperidine rings is 1. The minimum atomic E-state index is -0.592. The van der Waals surface area contributed by atoms with Gasteiger partial charge < -0.3 is 15.4 Å². The lowest BCUT2D eigenvalue weighted by molar-refractivity contribution is 0.0537. The molecule has 1 unspecified atom stereocenters. The number of aryl methyl sites for hydroxylation is 1. The number of benzene rings is 1. The molecule has 2 amide bonds. The van der Waals surface area contributed by atoms with Crippen LogP contribution in [0.4, 0.5) is 0 Å². The van der Waals surface area contributed by atoms with Gasteiger partial charge in [0.25, 0.3) is 11.8 Å². The van der Waals surface area contributed by atoms with Crippen molar-refractivity contribution in [3.63, 3.8) is 0 Å². The number of pyridine rings is 1. The first kappa shape index (κ1) is 17.0. The summed E-state index contributed by atoms with van der Waals surface area (Å²) >= 11 is 0. The van der Waals surface area contributed by atoms with E-state index < -0.39 is 5.91 Å². The van der Waals surface area contributed by atoms with E-state index in [4.69, 9.17) is 10.5 Å². The van der Waals surface area contributed by atoms with Crippen LogP contribution in [0.2, 0.25) is 0 Å². The van der Waals surface area contributed by atoms with Crippen molar-refractivity contribution in [1.29, 1.82) is 0 Å². The third-order valence-electron chi connectivity index (χ3n) is 4.25. The Morgan fingerprint density at radius 1 is 1.24 bits per heavy atom. The maximum atomic E-state index is 12.7. The fourth-order valence-electron chi connectivity index (χ4n) is 2.91. The molecule has 1 fully saturated rings. The van der Waals surface area contributed by atoms with Crippen molar-refractivity contribution in [3.05, 3.63) is 59.4 Å². The molecule has 0 saturated carbocycles. The third kappa shape index (κ3) is 4.15. The summed E-state index contributed by atoms with van der Waals surface area (Å²) in [5.41, 5.74) is 7.22. The maximum Gasteiger partial charge on any atom is 0.267 e. The Morgan fingerprint density at radius 3 is 2.72 bits per heavy atom. The molecule has 1 aliphatic heterocycles. The smallest absolute Gasteiger partial charge is 0.267 e. The van der Waals surface area contributed by atoms with E-state index in [0.29, 0.717) is 17.9 Å². The largest absolute Gasteiger partial charge is 0.488 e. The molecule has 1 atom stereocenters. The van der Waals surface area contributed by atoms with Crippen LogP contribution in [0.5, 0.6) is 5.75 Å². The maximum absolute atomic E-state index is 12.7. The molecule has 0 aliphatic carbocycles. The van der Waals surface area contributed by atoms with Crippen molar-refractivity contribution >= 4 is 11.8 Å². The summed E-state index contributed by atoms with van der Waals surface area (Å²) in [6.45, 7) is 3.23. The summed E-state index contributed by atoms with van der Waals surface area (Å²) in [5, 5.41) is 0. The van der Waals surface area contributed by atoms with Gasteiger partial charge in [-0.25, -0.2) is 0 Å².